The van der Waals surface area contributed by atoms with Gasteiger partial charge in [0.1, 0.15) is 5.69 Å². The third-order valence-electron chi connectivity index (χ3n) is 8.09. The Kier molecular flexibility index (Phi) is 10.4. The van der Waals surface area contributed by atoms with E-state index in [-0.39, 0.29) is 17.2 Å². The fraction of sp³-hybridized carbons (Fsp3) is 0.343. The van der Waals surface area contributed by atoms with E-state index in [1.54, 1.807) is 18.5 Å². The Morgan fingerprint density at radius 3 is 2.29 bits per heavy atom. The van der Waals surface area contributed by atoms with E-state index in [1.807, 2.05) is 69.3 Å². The minimum atomic E-state index is -0.520. The number of rotatable bonds is 10. The summed E-state index contributed by atoms with van der Waals surface area (Å²) in [6.07, 6.45) is 7.48. The molecular weight excluding hydrogens is 566 g/mol. The molecule has 4 aromatic rings. The number of anilines is 2. The lowest BCUT2D eigenvalue weighted by atomic mass is 9.99. The summed E-state index contributed by atoms with van der Waals surface area (Å²) in [5.41, 5.74) is 6.32. The van der Waals surface area contributed by atoms with Crippen LogP contribution in [-0.4, -0.2) is 57.8 Å². The molecule has 0 spiro atoms. The largest absolute Gasteiger partial charge is 0.355 e. The van der Waals surface area contributed by atoms with Crippen molar-refractivity contribution in [1.29, 1.82) is 0 Å². The fourth-order valence-electron chi connectivity index (χ4n) is 5.61. The first-order chi connectivity index (χ1) is 21.8. The molecule has 0 bridgehead atoms. The molecule has 1 fully saturated rings. The summed E-state index contributed by atoms with van der Waals surface area (Å²) in [7, 11) is 0. The van der Waals surface area contributed by atoms with Gasteiger partial charge in [0.25, 0.3) is 5.56 Å². The molecule has 2 aromatic heterocycles. The number of aryl methyl sites for hydroxylation is 3. The summed E-state index contributed by atoms with van der Waals surface area (Å²) in [4.78, 5) is 45.0. The van der Waals surface area contributed by atoms with E-state index >= 15 is 0 Å². The Labute approximate surface area is 263 Å². The zero-order valence-electron chi connectivity index (χ0n) is 26.2. The first-order valence-corrected chi connectivity index (χ1v) is 15.6. The van der Waals surface area contributed by atoms with Gasteiger partial charge in [-0.25, -0.2) is 9.48 Å². The van der Waals surface area contributed by atoms with E-state index in [9.17, 15) is 14.4 Å². The molecule has 10 heteroatoms. The van der Waals surface area contributed by atoms with Crippen molar-refractivity contribution >= 4 is 23.3 Å². The number of carbonyl (C=O) groups excluding carboxylic acids is 2. The highest BCUT2D eigenvalue weighted by atomic mass is 16.2. The van der Waals surface area contributed by atoms with Gasteiger partial charge in [-0.2, -0.15) is 5.10 Å². The second-order valence-corrected chi connectivity index (χ2v) is 11.5. The number of carbonyl (C=O) groups is 2. The lowest BCUT2D eigenvalue weighted by Crippen LogP contribution is -2.38. The van der Waals surface area contributed by atoms with Crippen molar-refractivity contribution in [2.24, 2.45) is 0 Å². The standard InChI is InChI=1S/C35H41N7O3/c1-4-42-34(44)31(38-35(45)39-33-24(2)22-36-23-25(33)3)21-30(40-42)29-10-8-9-28(20-29)27-13-11-26(12-14-27)19-32(43)37-15-18-41-16-6-5-7-17-41/h8-14,20-23H,4-7,15-19H2,1-3H3,(H,37,43)(H2,36,38,39,45). The topological polar surface area (TPSA) is 121 Å². The molecular formula is C35H41N7O3. The van der Waals surface area contributed by atoms with E-state index in [1.165, 1.54) is 23.9 Å². The highest BCUT2D eigenvalue weighted by Crippen LogP contribution is 2.27. The minimum absolute atomic E-state index is 0.0306. The summed E-state index contributed by atoms with van der Waals surface area (Å²) >= 11 is 0. The summed E-state index contributed by atoms with van der Waals surface area (Å²) in [6, 6.07) is 16.9. The van der Waals surface area contributed by atoms with Gasteiger partial charge in [-0.05, 0) is 86.7 Å². The van der Waals surface area contributed by atoms with Crippen LogP contribution in [-0.2, 0) is 17.8 Å². The number of hydrogen-bond acceptors (Lipinski definition) is 6. The number of pyridine rings is 1. The molecule has 3 N–H and O–H groups in total. The van der Waals surface area contributed by atoms with Crippen molar-refractivity contribution in [2.45, 2.75) is 53.0 Å². The Morgan fingerprint density at radius 1 is 0.867 bits per heavy atom. The molecule has 3 heterocycles. The molecule has 1 saturated heterocycles. The van der Waals surface area contributed by atoms with E-state index < -0.39 is 6.03 Å². The highest BCUT2D eigenvalue weighted by Gasteiger charge is 2.15. The van der Waals surface area contributed by atoms with Gasteiger partial charge in [0, 0.05) is 37.6 Å². The number of aromatic nitrogens is 3. The van der Waals surface area contributed by atoms with Crippen molar-refractivity contribution in [3.63, 3.8) is 0 Å². The second-order valence-electron chi connectivity index (χ2n) is 11.5. The molecule has 234 valence electrons. The molecule has 5 rings (SSSR count). The van der Waals surface area contributed by atoms with Crippen LogP contribution >= 0.6 is 0 Å². The zero-order chi connectivity index (χ0) is 31.8. The molecule has 1 aliphatic heterocycles. The number of nitrogens with one attached hydrogen (secondary N) is 3. The smallest absolute Gasteiger partial charge is 0.323 e. The average molecular weight is 608 g/mol. The molecule has 0 radical (unpaired) electrons. The number of urea groups is 1. The van der Waals surface area contributed by atoms with E-state index in [2.05, 4.69) is 30.9 Å². The first-order valence-electron chi connectivity index (χ1n) is 15.6. The number of likely N-dealkylation sites (tertiary alicyclic amines) is 1. The third-order valence-corrected chi connectivity index (χ3v) is 8.09. The van der Waals surface area contributed by atoms with Gasteiger partial charge >= 0.3 is 6.03 Å². The predicted octanol–water partition coefficient (Wildman–Crippen LogP) is 5.40. The predicted molar refractivity (Wildman–Crippen MR) is 178 cm³/mol. The number of nitrogens with zero attached hydrogens (tertiary/aromatic N) is 4. The summed E-state index contributed by atoms with van der Waals surface area (Å²) in [5.74, 6) is 0.0306. The fourth-order valence-corrected chi connectivity index (χ4v) is 5.61. The second kappa shape index (κ2) is 14.8. The number of amides is 3. The molecule has 0 unspecified atom stereocenters. The first kappa shape index (κ1) is 31.6. The average Bonchev–Trinajstić information content (AvgIpc) is 3.05. The van der Waals surface area contributed by atoms with Crippen LogP contribution in [0.1, 0.15) is 42.9 Å². The molecule has 0 aliphatic carbocycles. The van der Waals surface area contributed by atoms with Crippen LogP contribution in [0, 0.1) is 13.8 Å². The zero-order valence-corrected chi connectivity index (χ0v) is 26.2. The molecule has 1 aliphatic rings. The number of piperidine rings is 1. The van der Waals surface area contributed by atoms with Crippen LogP contribution in [0.2, 0.25) is 0 Å². The van der Waals surface area contributed by atoms with Gasteiger partial charge in [0.05, 0.1) is 17.8 Å². The van der Waals surface area contributed by atoms with Crippen LogP contribution in [0.5, 0.6) is 0 Å². The van der Waals surface area contributed by atoms with Crippen LogP contribution in [0.15, 0.2) is 71.8 Å². The lowest BCUT2D eigenvalue weighted by Gasteiger charge is -2.26. The summed E-state index contributed by atoms with van der Waals surface area (Å²) in [5, 5.41) is 13.2. The van der Waals surface area contributed by atoms with Gasteiger partial charge in [-0.1, -0.05) is 48.9 Å². The number of hydrogen-bond donors (Lipinski definition) is 3. The Hall–Kier alpha value is -4.83. The third kappa shape index (κ3) is 8.21. The lowest BCUT2D eigenvalue weighted by molar-refractivity contribution is -0.120. The number of benzene rings is 2. The van der Waals surface area contributed by atoms with Gasteiger partial charge in [-0.15, -0.1) is 0 Å². The maximum absolute atomic E-state index is 13.1. The molecule has 0 saturated carbocycles. The van der Waals surface area contributed by atoms with Crippen molar-refractivity contribution in [1.82, 2.24) is 25.0 Å². The SMILES string of the molecule is CCn1nc(-c2cccc(-c3ccc(CC(=O)NCCN4CCCCC4)cc3)c2)cc(NC(=O)Nc2c(C)cncc2C)c1=O. The monoisotopic (exact) mass is 607 g/mol. The summed E-state index contributed by atoms with van der Waals surface area (Å²) in [6.45, 7) is 9.73. The summed E-state index contributed by atoms with van der Waals surface area (Å²) < 4.78 is 1.34. The normalized spacial score (nSPS) is 13.3. The molecule has 0 atom stereocenters. The van der Waals surface area contributed by atoms with Gasteiger partial charge in [0.15, 0.2) is 0 Å². The Bertz CT molecular complexity index is 1690. The van der Waals surface area contributed by atoms with Crippen LogP contribution in [0.4, 0.5) is 16.2 Å². The quantitative estimate of drug-likeness (QED) is 0.222. The minimum Gasteiger partial charge on any atom is -0.355 e. The maximum Gasteiger partial charge on any atom is 0.323 e. The maximum atomic E-state index is 13.1. The molecule has 3 amide bonds. The molecule has 10 nitrogen and oxygen atoms in total. The van der Waals surface area contributed by atoms with E-state index in [0.29, 0.717) is 30.9 Å². The van der Waals surface area contributed by atoms with Crippen molar-refractivity contribution in [3.05, 3.63) is 94.0 Å². The highest BCUT2D eigenvalue weighted by molar-refractivity contribution is 6.00. The van der Waals surface area contributed by atoms with Crippen LogP contribution < -0.4 is 21.5 Å². The van der Waals surface area contributed by atoms with E-state index in [4.69, 9.17) is 0 Å². The van der Waals surface area contributed by atoms with E-state index in [0.717, 1.165) is 53.0 Å². The molecule has 45 heavy (non-hydrogen) atoms. The molecule has 2 aromatic carbocycles. The van der Waals surface area contributed by atoms with Gasteiger partial charge in [-0.3, -0.25) is 14.6 Å². The van der Waals surface area contributed by atoms with Crippen LogP contribution in [0.25, 0.3) is 22.4 Å². The Morgan fingerprint density at radius 2 is 1.58 bits per heavy atom. The van der Waals surface area contributed by atoms with Crippen molar-refractivity contribution in [2.75, 3.05) is 36.8 Å². The van der Waals surface area contributed by atoms with Gasteiger partial charge in [0.2, 0.25) is 5.91 Å². The Balaban J connectivity index is 1.26. The van der Waals surface area contributed by atoms with Crippen molar-refractivity contribution in [3.8, 4) is 22.4 Å². The van der Waals surface area contributed by atoms with Gasteiger partial charge < -0.3 is 20.9 Å². The van der Waals surface area contributed by atoms with Crippen LogP contribution in [0.3, 0.4) is 0 Å². The van der Waals surface area contributed by atoms with Crippen molar-refractivity contribution < 1.29 is 9.59 Å².